The van der Waals surface area contributed by atoms with Crippen LogP contribution in [0, 0.1) is 0 Å². The zero-order valence-corrected chi connectivity index (χ0v) is 9.67. The van der Waals surface area contributed by atoms with Gasteiger partial charge in [-0.15, -0.1) is 0 Å². The molecule has 0 fully saturated rings. The third-order valence-electron chi connectivity index (χ3n) is 2.15. The molecule has 0 unspecified atom stereocenters. The van der Waals surface area contributed by atoms with Gasteiger partial charge in [-0.1, -0.05) is 6.07 Å². The topological polar surface area (TPSA) is 77.4 Å². The van der Waals surface area contributed by atoms with Crippen molar-refractivity contribution in [3.63, 3.8) is 0 Å². The van der Waals surface area contributed by atoms with Gasteiger partial charge in [-0.25, -0.2) is 4.79 Å². The molecule has 0 aliphatic carbocycles. The lowest BCUT2D eigenvalue weighted by Gasteiger charge is -2.12. The Balaban J connectivity index is 2.59. The van der Waals surface area contributed by atoms with Gasteiger partial charge < -0.3 is 14.6 Å². The molecule has 1 N–H and O–H groups in total. The number of ether oxygens (including phenoxy) is 1. The average molecular weight is 238 g/mol. The number of pyridine rings is 1. The SMILES string of the molecule is COC(=O)[C@H](C)NC(=O)Cn1ccccc1=O. The van der Waals surface area contributed by atoms with Gasteiger partial charge in [0.25, 0.3) is 5.56 Å². The van der Waals surface area contributed by atoms with E-state index in [1.54, 1.807) is 12.1 Å². The number of rotatable bonds is 4. The summed E-state index contributed by atoms with van der Waals surface area (Å²) in [6.45, 7) is 1.39. The van der Waals surface area contributed by atoms with Crippen LogP contribution in [0.2, 0.25) is 0 Å². The first-order valence-electron chi connectivity index (χ1n) is 5.07. The van der Waals surface area contributed by atoms with Crippen LogP contribution in [0.25, 0.3) is 0 Å². The zero-order valence-electron chi connectivity index (χ0n) is 9.67. The summed E-state index contributed by atoms with van der Waals surface area (Å²) in [5, 5.41) is 2.43. The monoisotopic (exact) mass is 238 g/mol. The highest BCUT2D eigenvalue weighted by Crippen LogP contribution is 1.88. The van der Waals surface area contributed by atoms with Crippen LogP contribution in [-0.2, 0) is 20.9 Å². The Bertz CT molecular complexity index is 467. The van der Waals surface area contributed by atoms with E-state index < -0.39 is 17.9 Å². The first-order chi connectivity index (χ1) is 8.04. The van der Waals surface area contributed by atoms with Gasteiger partial charge in [-0.3, -0.25) is 9.59 Å². The number of aromatic nitrogens is 1. The normalized spacial score (nSPS) is 11.6. The lowest BCUT2D eigenvalue weighted by molar-refractivity contribution is -0.144. The number of nitrogens with one attached hydrogen (secondary N) is 1. The van der Waals surface area contributed by atoms with Crippen molar-refractivity contribution in [3.8, 4) is 0 Å². The molecular weight excluding hydrogens is 224 g/mol. The molecule has 0 saturated heterocycles. The average Bonchev–Trinajstić information content (AvgIpc) is 2.31. The van der Waals surface area contributed by atoms with Gasteiger partial charge in [-0.2, -0.15) is 0 Å². The minimum absolute atomic E-state index is 0.124. The Morgan fingerprint density at radius 2 is 2.18 bits per heavy atom. The fourth-order valence-corrected chi connectivity index (χ4v) is 1.27. The first kappa shape index (κ1) is 13.0. The summed E-state index contributed by atoms with van der Waals surface area (Å²) < 4.78 is 5.71. The van der Waals surface area contributed by atoms with Crippen molar-refractivity contribution in [1.29, 1.82) is 0 Å². The van der Waals surface area contributed by atoms with Crippen molar-refractivity contribution >= 4 is 11.9 Å². The van der Waals surface area contributed by atoms with Crippen molar-refractivity contribution in [1.82, 2.24) is 9.88 Å². The summed E-state index contributed by atoms with van der Waals surface area (Å²) in [5.74, 6) is -0.949. The van der Waals surface area contributed by atoms with Gasteiger partial charge >= 0.3 is 5.97 Å². The van der Waals surface area contributed by atoms with E-state index in [2.05, 4.69) is 10.1 Å². The van der Waals surface area contributed by atoms with E-state index in [4.69, 9.17) is 0 Å². The maximum absolute atomic E-state index is 11.5. The Labute approximate surface area is 98.2 Å². The van der Waals surface area contributed by atoms with Crippen LogP contribution in [0.4, 0.5) is 0 Å². The fourth-order valence-electron chi connectivity index (χ4n) is 1.27. The van der Waals surface area contributed by atoms with Crippen LogP contribution in [0.3, 0.4) is 0 Å². The lowest BCUT2D eigenvalue weighted by atomic mass is 10.3. The predicted octanol–water partition coefficient (Wildman–Crippen LogP) is -0.474. The first-order valence-corrected chi connectivity index (χ1v) is 5.07. The number of amides is 1. The minimum Gasteiger partial charge on any atom is -0.467 e. The van der Waals surface area contributed by atoms with Crippen molar-refractivity contribution in [2.24, 2.45) is 0 Å². The Morgan fingerprint density at radius 3 is 2.76 bits per heavy atom. The van der Waals surface area contributed by atoms with Crippen LogP contribution in [0.1, 0.15) is 6.92 Å². The number of hydrogen-bond acceptors (Lipinski definition) is 4. The van der Waals surface area contributed by atoms with E-state index in [1.165, 1.54) is 30.9 Å². The molecule has 0 spiro atoms. The summed E-state index contributed by atoms with van der Waals surface area (Å²) in [7, 11) is 1.24. The molecule has 0 bridgehead atoms. The van der Waals surface area contributed by atoms with Crippen molar-refractivity contribution in [3.05, 3.63) is 34.7 Å². The molecule has 1 heterocycles. The highest BCUT2D eigenvalue weighted by Gasteiger charge is 2.15. The van der Waals surface area contributed by atoms with Gasteiger partial charge in [0.05, 0.1) is 7.11 Å². The van der Waals surface area contributed by atoms with Crippen molar-refractivity contribution in [2.45, 2.75) is 19.5 Å². The number of esters is 1. The van der Waals surface area contributed by atoms with Gasteiger partial charge in [0.2, 0.25) is 5.91 Å². The molecule has 0 saturated carbocycles. The molecule has 0 radical (unpaired) electrons. The Morgan fingerprint density at radius 1 is 1.47 bits per heavy atom. The summed E-state index contributed by atoms with van der Waals surface area (Å²) in [6, 6.07) is 3.87. The Hall–Kier alpha value is -2.11. The largest absolute Gasteiger partial charge is 0.467 e. The molecule has 1 aromatic rings. The molecule has 6 heteroatoms. The van der Waals surface area contributed by atoms with Crippen LogP contribution >= 0.6 is 0 Å². The highest BCUT2D eigenvalue weighted by atomic mass is 16.5. The van der Waals surface area contributed by atoms with Crippen LogP contribution in [-0.4, -0.2) is 29.6 Å². The second-order valence-corrected chi connectivity index (χ2v) is 3.48. The molecule has 92 valence electrons. The number of hydrogen-bond donors (Lipinski definition) is 1. The number of carbonyl (C=O) groups is 2. The molecule has 1 atom stereocenters. The van der Waals surface area contributed by atoms with E-state index in [0.29, 0.717) is 0 Å². The number of methoxy groups -OCH3 is 1. The molecule has 0 aromatic carbocycles. The summed E-state index contributed by atoms with van der Waals surface area (Å²) in [5.41, 5.74) is -0.270. The quantitative estimate of drug-likeness (QED) is 0.719. The van der Waals surface area contributed by atoms with E-state index in [1.807, 2.05) is 0 Å². The van der Waals surface area contributed by atoms with E-state index in [-0.39, 0.29) is 12.1 Å². The molecule has 17 heavy (non-hydrogen) atoms. The molecule has 0 aliphatic rings. The lowest BCUT2D eigenvalue weighted by Crippen LogP contribution is -2.41. The molecular formula is C11H14N2O4. The third-order valence-corrected chi connectivity index (χ3v) is 2.15. The van der Waals surface area contributed by atoms with Gasteiger partial charge in [0, 0.05) is 12.3 Å². The third kappa shape index (κ3) is 3.75. The fraction of sp³-hybridized carbons (Fsp3) is 0.364. The number of nitrogens with zero attached hydrogens (tertiary/aromatic N) is 1. The Kier molecular flexibility index (Phi) is 4.45. The van der Waals surface area contributed by atoms with Gasteiger partial charge in [0.1, 0.15) is 12.6 Å². The van der Waals surface area contributed by atoms with Crippen molar-refractivity contribution < 1.29 is 14.3 Å². The smallest absolute Gasteiger partial charge is 0.328 e. The second kappa shape index (κ2) is 5.83. The molecule has 1 rings (SSSR count). The number of carbonyl (C=O) groups excluding carboxylic acids is 2. The van der Waals surface area contributed by atoms with Gasteiger partial charge in [-0.05, 0) is 13.0 Å². The molecule has 0 aliphatic heterocycles. The summed E-state index contributed by atoms with van der Waals surface area (Å²) >= 11 is 0. The zero-order chi connectivity index (χ0) is 12.8. The molecule has 1 amide bonds. The summed E-state index contributed by atoms with van der Waals surface area (Å²) in [6.07, 6.45) is 1.50. The molecule has 1 aromatic heterocycles. The van der Waals surface area contributed by atoms with E-state index in [0.717, 1.165) is 0 Å². The van der Waals surface area contributed by atoms with Crippen LogP contribution < -0.4 is 10.9 Å². The molecule has 6 nitrogen and oxygen atoms in total. The standard InChI is InChI=1S/C11H14N2O4/c1-8(11(16)17-2)12-9(14)7-13-6-4-3-5-10(13)15/h3-6,8H,7H2,1-2H3,(H,12,14)/t8-/m0/s1. The van der Waals surface area contributed by atoms with Gasteiger partial charge in [0.15, 0.2) is 0 Å². The van der Waals surface area contributed by atoms with Crippen LogP contribution in [0.5, 0.6) is 0 Å². The highest BCUT2D eigenvalue weighted by molar-refractivity contribution is 5.83. The summed E-state index contributed by atoms with van der Waals surface area (Å²) in [4.78, 5) is 33.9. The second-order valence-electron chi connectivity index (χ2n) is 3.48. The minimum atomic E-state index is -0.730. The van der Waals surface area contributed by atoms with E-state index >= 15 is 0 Å². The van der Waals surface area contributed by atoms with Crippen LogP contribution in [0.15, 0.2) is 29.2 Å². The maximum Gasteiger partial charge on any atom is 0.328 e. The maximum atomic E-state index is 11.5. The van der Waals surface area contributed by atoms with Crippen molar-refractivity contribution in [2.75, 3.05) is 7.11 Å². The van der Waals surface area contributed by atoms with E-state index in [9.17, 15) is 14.4 Å². The predicted molar refractivity (Wildman–Crippen MR) is 60.3 cm³/mol.